The zero-order chi connectivity index (χ0) is 9.97. The van der Waals surface area contributed by atoms with Crippen LogP contribution in [0, 0.1) is 11.3 Å². The van der Waals surface area contributed by atoms with Gasteiger partial charge in [-0.2, -0.15) is 5.26 Å². The van der Waals surface area contributed by atoms with Crippen molar-refractivity contribution < 1.29 is 0 Å². The van der Waals surface area contributed by atoms with Crippen LogP contribution in [0.4, 0.5) is 0 Å². The van der Waals surface area contributed by atoms with Crippen molar-refractivity contribution in [3.8, 4) is 6.07 Å². The molecule has 4 heteroatoms. The largest absolute Gasteiger partial charge is 0.323 e. The highest BCUT2D eigenvalue weighted by molar-refractivity contribution is 5.77. The van der Waals surface area contributed by atoms with Crippen LogP contribution in [-0.4, -0.2) is 9.97 Å². The van der Waals surface area contributed by atoms with Gasteiger partial charge in [-0.25, -0.2) is 4.79 Å². The Morgan fingerprint density at radius 3 is 2.86 bits per heavy atom. The lowest BCUT2D eigenvalue weighted by atomic mass is 10.2. The number of nitrogens with one attached hydrogen (secondary N) is 2. The van der Waals surface area contributed by atoms with Gasteiger partial charge in [0, 0.05) is 6.08 Å². The summed E-state index contributed by atoms with van der Waals surface area (Å²) < 4.78 is 0. The average Bonchev–Trinajstić information content (AvgIpc) is 2.54. The van der Waals surface area contributed by atoms with Crippen LogP contribution in [0.15, 0.2) is 29.1 Å². The fourth-order valence-electron chi connectivity index (χ4n) is 1.29. The molecule has 2 rings (SSSR count). The molecule has 0 saturated heterocycles. The number of hydrogen-bond donors (Lipinski definition) is 2. The van der Waals surface area contributed by atoms with Crippen LogP contribution in [-0.2, 0) is 0 Å². The summed E-state index contributed by atoms with van der Waals surface area (Å²) in [5, 5.41) is 8.34. The molecule has 0 atom stereocenters. The molecule has 1 aromatic heterocycles. The predicted molar refractivity (Wildman–Crippen MR) is 53.6 cm³/mol. The molecule has 1 aromatic carbocycles. The highest BCUT2D eigenvalue weighted by Gasteiger charge is 1.96. The zero-order valence-corrected chi connectivity index (χ0v) is 7.24. The number of hydrogen-bond acceptors (Lipinski definition) is 2. The molecule has 1 heterocycles. The molecule has 0 aliphatic rings. The van der Waals surface area contributed by atoms with E-state index < -0.39 is 0 Å². The molecule has 0 bridgehead atoms. The number of benzene rings is 1. The third-order valence-corrected chi connectivity index (χ3v) is 1.89. The van der Waals surface area contributed by atoms with Crippen LogP contribution < -0.4 is 5.69 Å². The third-order valence-electron chi connectivity index (χ3n) is 1.89. The van der Waals surface area contributed by atoms with E-state index in [1.54, 1.807) is 18.2 Å². The minimum atomic E-state index is -0.221. The number of aromatic nitrogens is 2. The van der Waals surface area contributed by atoms with Gasteiger partial charge in [-0.05, 0) is 23.8 Å². The van der Waals surface area contributed by atoms with E-state index in [9.17, 15) is 4.79 Å². The van der Waals surface area contributed by atoms with Gasteiger partial charge < -0.3 is 9.97 Å². The molecule has 4 nitrogen and oxygen atoms in total. The number of nitriles is 1. The molecule has 2 aromatic rings. The van der Waals surface area contributed by atoms with Crippen molar-refractivity contribution in [1.82, 2.24) is 9.97 Å². The van der Waals surface area contributed by atoms with Crippen LogP contribution in [0.1, 0.15) is 5.56 Å². The standard InChI is InChI=1S/C10H7N3O/c11-5-1-2-7-3-4-8-9(6-7)13-10(14)12-8/h1-4,6H,(H2,12,13,14). The highest BCUT2D eigenvalue weighted by atomic mass is 16.1. The molecule has 0 saturated carbocycles. The summed E-state index contributed by atoms with van der Waals surface area (Å²) in [4.78, 5) is 16.2. The Labute approximate surface area is 79.5 Å². The van der Waals surface area contributed by atoms with Crippen molar-refractivity contribution in [2.75, 3.05) is 0 Å². The number of rotatable bonds is 1. The lowest BCUT2D eigenvalue weighted by Gasteiger charge is -1.91. The number of imidazole rings is 1. The summed E-state index contributed by atoms with van der Waals surface area (Å²) >= 11 is 0. The molecule has 0 aliphatic carbocycles. The molecular formula is C10H7N3O. The smallest absolute Gasteiger partial charge is 0.306 e. The van der Waals surface area contributed by atoms with Gasteiger partial charge in [0.2, 0.25) is 0 Å². The Bertz CT molecular complexity index is 583. The molecular weight excluding hydrogens is 178 g/mol. The second-order valence-electron chi connectivity index (χ2n) is 2.85. The summed E-state index contributed by atoms with van der Waals surface area (Å²) in [7, 11) is 0. The molecule has 0 amide bonds. The molecule has 0 unspecified atom stereocenters. The van der Waals surface area contributed by atoms with Gasteiger partial charge in [-0.3, -0.25) is 0 Å². The first-order valence-electron chi connectivity index (χ1n) is 4.08. The molecule has 0 radical (unpaired) electrons. The van der Waals surface area contributed by atoms with Crippen molar-refractivity contribution in [3.63, 3.8) is 0 Å². The number of H-pyrrole nitrogens is 2. The van der Waals surface area contributed by atoms with E-state index in [2.05, 4.69) is 9.97 Å². The van der Waals surface area contributed by atoms with Crippen LogP contribution in [0.5, 0.6) is 0 Å². The van der Waals surface area contributed by atoms with E-state index in [1.165, 1.54) is 6.08 Å². The van der Waals surface area contributed by atoms with Crippen LogP contribution >= 0.6 is 0 Å². The van der Waals surface area contributed by atoms with E-state index in [1.807, 2.05) is 12.1 Å². The van der Waals surface area contributed by atoms with Crippen molar-refractivity contribution in [2.24, 2.45) is 0 Å². The highest BCUT2D eigenvalue weighted by Crippen LogP contribution is 2.10. The van der Waals surface area contributed by atoms with Crippen molar-refractivity contribution in [3.05, 3.63) is 40.3 Å². The van der Waals surface area contributed by atoms with Gasteiger partial charge in [0.25, 0.3) is 0 Å². The summed E-state index contributed by atoms with van der Waals surface area (Å²) in [5.41, 5.74) is 2.18. The summed E-state index contributed by atoms with van der Waals surface area (Å²) in [6.45, 7) is 0. The first-order chi connectivity index (χ1) is 6.79. The normalized spacial score (nSPS) is 10.8. The number of allylic oxidation sites excluding steroid dienone is 1. The SMILES string of the molecule is N#CC=Cc1ccc2[nH]c(=O)[nH]c2c1. The van der Waals surface area contributed by atoms with Crippen LogP contribution in [0.3, 0.4) is 0 Å². The first-order valence-corrected chi connectivity index (χ1v) is 4.08. The number of fused-ring (bicyclic) bond motifs is 1. The molecule has 14 heavy (non-hydrogen) atoms. The number of nitrogens with zero attached hydrogens (tertiary/aromatic N) is 1. The van der Waals surface area contributed by atoms with Gasteiger partial charge in [-0.15, -0.1) is 0 Å². The Kier molecular flexibility index (Phi) is 1.92. The predicted octanol–water partition coefficient (Wildman–Crippen LogP) is 1.39. The number of aromatic amines is 2. The molecule has 0 spiro atoms. The van der Waals surface area contributed by atoms with E-state index in [0.29, 0.717) is 0 Å². The zero-order valence-electron chi connectivity index (χ0n) is 7.24. The van der Waals surface area contributed by atoms with Gasteiger partial charge in [0.05, 0.1) is 17.1 Å². The van der Waals surface area contributed by atoms with E-state index >= 15 is 0 Å². The minimum Gasteiger partial charge on any atom is -0.306 e. The van der Waals surface area contributed by atoms with E-state index in [-0.39, 0.29) is 5.69 Å². The minimum absolute atomic E-state index is 0.221. The topological polar surface area (TPSA) is 72.4 Å². The Morgan fingerprint density at radius 1 is 1.29 bits per heavy atom. The maximum absolute atomic E-state index is 10.9. The Hall–Kier alpha value is -2.28. The van der Waals surface area contributed by atoms with Crippen molar-refractivity contribution in [1.29, 1.82) is 5.26 Å². The molecule has 68 valence electrons. The molecule has 0 fully saturated rings. The lowest BCUT2D eigenvalue weighted by molar-refractivity contribution is 1.21. The third kappa shape index (κ3) is 1.43. The fraction of sp³-hybridized carbons (Fsp3) is 0. The Morgan fingerprint density at radius 2 is 2.07 bits per heavy atom. The van der Waals surface area contributed by atoms with E-state index in [4.69, 9.17) is 5.26 Å². The second-order valence-corrected chi connectivity index (χ2v) is 2.85. The monoisotopic (exact) mass is 185 g/mol. The Balaban J connectivity index is 2.57. The maximum Gasteiger partial charge on any atom is 0.323 e. The van der Waals surface area contributed by atoms with Crippen LogP contribution in [0.25, 0.3) is 17.1 Å². The van der Waals surface area contributed by atoms with Crippen molar-refractivity contribution >= 4 is 17.1 Å². The van der Waals surface area contributed by atoms with Gasteiger partial charge >= 0.3 is 5.69 Å². The van der Waals surface area contributed by atoms with Crippen LogP contribution in [0.2, 0.25) is 0 Å². The van der Waals surface area contributed by atoms with E-state index in [0.717, 1.165) is 16.6 Å². The van der Waals surface area contributed by atoms with Gasteiger partial charge in [0.15, 0.2) is 0 Å². The maximum atomic E-state index is 10.9. The summed E-state index contributed by atoms with van der Waals surface area (Å²) in [6, 6.07) is 7.34. The van der Waals surface area contributed by atoms with Gasteiger partial charge in [-0.1, -0.05) is 6.07 Å². The average molecular weight is 185 g/mol. The summed E-state index contributed by atoms with van der Waals surface area (Å²) in [6.07, 6.45) is 3.08. The molecule has 2 N–H and O–H groups in total. The quantitative estimate of drug-likeness (QED) is 0.659. The second kappa shape index (κ2) is 3.23. The van der Waals surface area contributed by atoms with Crippen molar-refractivity contribution in [2.45, 2.75) is 0 Å². The summed E-state index contributed by atoms with van der Waals surface area (Å²) in [5.74, 6) is 0. The lowest BCUT2D eigenvalue weighted by Crippen LogP contribution is -1.99. The van der Waals surface area contributed by atoms with Gasteiger partial charge in [0.1, 0.15) is 0 Å². The first kappa shape index (κ1) is 8.32. The molecule has 0 aliphatic heterocycles. The fourth-order valence-corrected chi connectivity index (χ4v) is 1.29.